The number of allylic oxidation sites excluding steroid dienone is 3. The van der Waals surface area contributed by atoms with E-state index in [1.807, 2.05) is 40.7 Å². The second kappa shape index (κ2) is 31.1. The molecular formula is C63H90ClN5O14. The third-order valence-corrected chi connectivity index (χ3v) is 17.1. The highest BCUT2D eigenvalue weighted by atomic mass is 35.5. The summed E-state index contributed by atoms with van der Waals surface area (Å²) in [5.41, 5.74) is 5.90. The monoisotopic (exact) mass is 1180 g/mol. The summed E-state index contributed by atoms with van der Waals surface area (Å²) in [6.45, 7) is 15.1. The van der Waals surface area contributed by atoms with Gasteiger partial charge in [0, 0.05) is 76.2 Å². The molecule has 2 saturated heterocycles. The highest BCUT2D eigenvalue weighted by Crippen LogP contribution is 2.50. The van der Waals surface area contributed by atoms with E-state index in [-0.39, 0.29) is 73.5 Å². The molecule has 5 rings (SSSR count). The van der Waals surface area contributed by atoms with Crippen LogP contribution in [0, 0.1) is 30.6 Å². The highest BCUT2D eigenvalue weighted by Gasteiger charge is 2.64. The number of primary amides is 1. The summed E-state index contributed by atoms with van der Waals surface area (Å²) < 4.78 is 29.7. The van der Waals surface area contributed by atoms with Crippen LogP contribution < -0.4 is 31.3 Å². The molecule has 3 aliphatic rings. The number of epoxide rings is 1. The average Bonchev–Trinajstić information content (AvgIpc) is 2.23. The highest BCUT2D eigenvalue weighted by molar-refractivity contribution is 6.35. The van der Waals surface area contributed by atoms with Crippen molar-refractivity contribution in [3.05, 3.63) is 75.8 Å². The fraction of sp³-hybridized carbons (Fsp3) is 0.619. The van der Waals surface area contributed by atoms with E-state index in [0.717, 1.165) is 43.2 Å². The maximum atomic E-state index is 14.5. The predicted octanol–water partition coefficient (Wildman–Crippen LogP) is 9.55. The van der Waals surface area contributed by atoms with Crippen LogP contribution in [-0.2, 0) is 60.6 Å². The van der Waals surface area contributed by atoms with Gasteiger partial charge in [0.25, 0.3) is 0 Å². The number of aliphatic hydroxyl groups is 1. The molecule has 0 spiro atoms. The molecule has 2 aromatic carbocycles. The van der Waals surface area contributed by atoms with Crippen LogP contribution in [0.3, 0.4) is 0 Å². The van der Waals surface area contributed by atoms with E-state index in [9.17, 15) is 43.5 Å². The fourth-order valence-corrected chi connectivity index (χ4v) is 11.8. The number of ether oxygens (including phenoxy) is 5. The lowest BCUT2D eigenvalue weighted by Gasteiger charge is -2.41. The molecule has 9 atom stereocenters. The lowest BCUT2D eigenvalue weighted by atomic mass is 9.78. The van der Waals surface area contributed by atoms with Gasteiger partial charge in [0.1, 0.15) is 51.9 Å². The summed E-state index contributed by atoms with van der Waals surface area (Å²) in [5.74, 6) is -2.58. The maximum absolute atomic E-state index is 14.5. The molecular weight excluding hydrogens is 1090 g/mol. The smallest absolute Gasteiger partial charge is 0.412 e. The Labute approximate surface area is 494 Å². The van der Waals surface area contributed by atoms with Gasteiger partial charge in [0.05, 0.1) is 37.8 Å². The third kappa shape index (κ3) is 18.9. The number of hydrogen-bond acceptors (Lipinski definition) is 14. The van der Waals surface area contributed by atoms with Gasteiger partial charge in [-0.15, -0.1) is 0 Å². The lowest BCUT2D eigenvalue weighted by Crippen LogP contribution is -2.53. The molecule has 4 bridgehead atoms. The van der Waals surface area contributed by atoms with Gasteiger partial charge in [-0.2, -0.15) is 0 Å². The molecule has 0 aromatic heterocycles. The zero-order chi connectivity index (χ0) is 61.3. The first-order valence-corrected chi connectivity index (χ1v) is 29.7. The Kier molecular flexibility index (Phi) is 25.4. The minimum absolute atomic E-state index is 0.0108. The van der Waals surface area contributed by atoms with E-state index in [4.69, 9.17) is 41.0 Å². The number of aryl methyl sites for hydroxylation is 1. The molecule has 3 heterocycles. The molecule has 2 fully saturated rings. The molecule has 19 nitrogen and oxygen atoms in total. The number of anilines is 2. The van der Waals surface area contributed by atoms with Crippen molar-refractivity contribution in [3.8, 4) is 5.75 Å². The normalized spacial score (nSPS) is 24.5. The number of fused-ring (bicyclic) bond motifs is 5. The van der Waals surface area contributed by atoms with Crippen LogP contribution in [0.2, 0.25) is 5.02 Å². The zero-order valence-electron chi connectivity index (χ0n) is 50.5. The number of esters is 1. The molecule has 3 aliphatic heterocycles. The average molecular weight is 1180 g/mol. The van der Waals surface area contributed by atoms with Crippen molar-refractivity contribution in [1.29, 1.82) is 0 Å². The molecule has 83 heavy (non-hydrogen) atoms. The van der Waals surface area contributed by atoms with Crippen LogP contribution in [0.1, 0.15) is 155 Å². The van der Waals surface area contributed by atoms with E-state index in [1.54, 1.807) is 70.3 Å². The molecule has 0 radical (unpaired) electrons. The number of nitrogens with two attached hydrogens (primary N) is 1. The van der Waals surface area contributed by atoms with Gasteiger partial charge < -0.3 is 50.1 Å². The topological polar surface area (TPSA) is 272 Å². The number of hydrogen-bond donors (Lipinski definition) is 5. The standard InChI is InChI=1S/C63H90ClN5O14/c1-12-43(13-2)49(71)23-17-15-14-16-21-44(70)33-45(37(3)4)59(75)67-47(22-19-27-66-60(65)76)50(72)31-41-25-26-46(39(6)29-41)68-61(77)82-54-34-55(73)69(9)48-30-42(32-51(79-10)57(48)64)28-38(5)20-18-24-53(80-11)63(78)35-52(81-56(74)36-63)40(7)58-62(54,8)83-58/h18,20,24-26,29-30,32,37,40,43,45,47,52-54,58,78H,12-17,19,21-23,27-28,31,33-36H2,1-11H3,(H,67,75)(H,68,77)(H3,65,66,76)/b24-18+,38-20+/t40-,45+,47+,52+,53-,54+,58+,62+,63-/m1/s1. The predicted molar refractivity (Wildman–Crippen MR) is 317 cm³/mol. The molecule has 2 aromatic rings. The van der Waals surface area contributed by atoms with Crippen LogP contribution in [-0.4, -0.2) is 122 Å². The van der Waals surface area contributed by atoms with Gasteiger partial charge in [-0.25, -0.2) is 9.59 Å². The van der Waals surface area contributed by atoms with Crippen LogP contribution in [0.4, 0.5) is 21.0 Å². The number of urea groups is 1. The van der Waals surface area contributed by atoms with Gasteiger partial charge in [-0.3, -0.25) is 34.1 Å². The molecule has 0 unspecified atom stereocenters. The quantitative estimate of drug-likeness (QED) is 0.0333. The number of nitrogens with zero attached hydrogens (tertiary/aromatic N) is 1. The number of halogens is 1. The van der Waals surface area contributed by atoms with Gasteiger partial charge in [-0.1, -0.05) is 95.0 Å². The van der Waals surface area contributed by atoms with Gasteiger partial charge in [-0.05, 0) is 107 Å². The van der Waals surface area contributed by atoms with Gasteiger partial charge >= 0.3 is 18.1 Å². The number of unbranched alkanes of at least 4 members (excludes halogenated alkanes) is 3. The van der Waals surface area contributed by atoms with Crippen molar-refractivity contribution in [2.75, 3.05) is 38.0 Å². The van der Waals surface area contributed by atoms with Crippen LogP contribution in [0.25, 0.3) is 0 Å². The number of carbonyl (C=O) groups is 8. The van der Waals surface area contributed by atoms with Crippen molar-refractivity contribution < 1.29 is 67.1 Å². The first-order valence-electron chi connectivity index (χ1n) is 29.3. The van der Waals surface area contributed by atoms with Crippen molar-refractivity contribution >= 4 is 70.2 Å². The summed E-state index contributed by atoms with van der Waals surface area (Å²) >= 11 is 6.86. The Morgan fingerprint density at radius 3 is 2.30 bits per heavy atom. The lowest BCUT2D eigenvalue weighted by molar-refractivity contribution is -0.187. The van der Waals surface area contributed by atoms with Crippen molar-refractivity contribution in [3.63, 3.8) is 0 Å². The minimum Gasteiger partial charge on any atom is -0.495 e. The Morgan fingerprint density at radius 1 is 0.964 bits per heavy atom. The Morgan fingerprint density at radius 2 is 1.66 bits per heavy atom. The largest absolute Gasteiger partial charge is 0.495 e. The Bertz CT molecular complexity index is 2710. The number of nitrogens with one attached hydrogen (secondary N) is 3. The molecule has 0 aliphatic carbocycles. The van der Waals surface area contributed by atoms with Gasteiger partial charge in [0.2, 0.25) is 11.8 Å². The summed E-state index contributed by atoms with van der Waals surface area (Å²) in [4.78, 5) is 108. The molecule has 458 valence electrons. The van der Waals surface area contributed by atoms with E-state index >= 15 is 0 Å². The summed E-state index contributed by atoms with van der Waals surface area (Å²) in [6, 6.07) is 6.88. The first kappa shape index (κ1) is 67.6. The Balaban J connectivity index is 1.31. The molecule has 0 saturated carbocycles. The first-order chi connectivity index (χ1) is 39.3. The van der Waals surface area contributed by atoms with Gasteiger partial charge in [0.15, 0.2) is 5.78 Å². The second-order valence-corrected chi connectivity index (χ2v) is 23.8. The SMILES string of the molecule is CCC(CC)C(=O)CCCCCCC(=O)C[C@H](C(=O)N[C@@H](CCCNC(N)=O)C(=O)Cc1ccc(NC(=O)O[C@H]2CC(=O)N(C)c3cc(cc(OC)c3Cl)C/C(C)=C/C=C/[C@@H](OC)[C@]3(O)CC(=O)O[C@@H](C3)[C@@H](C)[C@@H]3O[C@@]23C)c(C)c1)C(C)C. The number of benzene rings is 2. The maximum Gasteiger partial charge on any atom is 0.412 e. The van der Waals surface area contributed by atoms with E-state index < -0.39 is 83.4 Å². The summed E-state index contributed by atoms with van der Waals surface area (Å²) in [7, 11) is 4.50. The third-order valence-electron chi connectivity index (χ3n) is 16.7. The zero-order valence-corrected chi connectivity index (χ0v) is 51.2. The number of rotatable bonds is 26. The fourth-order valence-electron chi connectivity index (χ4n) is 11.4. The number of methoxy groups -OCH3 is 2. The van der Waals surface area contributed by atoms with E-state index in [2.05, 4.69) is 16.0 Å². The summed E-state index contributed by atoms with van der Waals surface area (Å²) in [6.07, 6.45) is 6.59. The van der Waals surface area contributed by atoms with Crippen molar-refractivity contribution in [2.24, 2.45) is 29.4 Å². The number of amides is 5. The van der Waals surface area contributed by atoms with Crippen molar-refractivity contribution in [2.45, 2.75) is 200 Å². The number of Topliss-reactive ketones (excluding diaryl/α,β-unsaturated/α-hetero) is 3. The molecule has 5 amide bonds. The summed E-state index contributed by atoms with van der Waals surface area (Å²) in [5, 5.41) is 20.4. The van der Waals surface area contributed by atoms with Crippen LogP contribution in [0.15, 0.2) is 54.1 Å². The molecule has 20 heteroatoms. The van der Waals surface area contributed by atoms with Crippen LogP contribution in [0.5, 0.6) is 5.75 Å². The van der Waals surface area contributed by atoms with Crippen molar-refractivity contribution in [1.82, 2.24) is 10.6 Å². The molecule has 6 N–H and O–H groups in total. The number of ketones is 3. The van der Waals surface area contributed by atoms with E-state index in [1.165, 1.54) is 19.1 Å². The Hall–Kier alpha value is -6.15. The van der Waals surface area contributed by atoms with Crippen LogP contribution >= 0.6 is 11.6 Å². The van der Waals surface area contributed by atoms with E-state index in [0.29, 0.717) is 66.1 Å². The number of carbonyl (C=O) groups excluding carboxylic acids is 8. The second-order valence-electron chi connectivity index (χ2n) is 23.4. The minimum atomic E-state index is -1.64.